The number of pyridine rings is 1. The molecular formula is C10H15BrFN3. The van der Waals surface area contributed by atoms with E-state index in [4.69, 9.17) is 5.73 Å². The highest BCUT2D eigenvalue weighted by molar-refractivity contribution is 9.10. The lowest BCUT2D eigenvalue weighted by atomic mass is 9.97. The Labute approximate surface area is 97.4 Å². The van der Waals surface area contributed by atoms with Gasteiger partial charge in [0.05, 0.1) is 0 Å². The van der Waals surface area contributed by atoms with Crippen molar-refractivity contribution in [1.82, 2.24) is 4.98 Å². The van der Waals surface area contributed by atoms with Gasteiger partial charge in [0.25, 0.3) is 0 Å². The molecule has 0 radical (unpaired) electrons. The number of nitrogens with one attached hydrogen (secondary N) is 1. The maximum Gasteiger partial charge on any atom is 0.166 e. The summed E-state index contributed by atoms with van der Waals surface area (Å²) in [5.41, 5.74) is 5.37. The van der Waals surface area contributed by atoms with Gasteiger partial charge in [0.1, 0.15) is 0 Å². The summed E-state index contributed by atoms with van der Waals surface area (Å²) >= 11 is 3.15. The summed E-state index contributed by atoms with van der Waals surface area (Å²) in [6.45, 7) is 5.67. The van der Waals surface area contributed by atoms with Crippen molar-refractivity contribution in [2.75, 3.05) is 5.32 Å². The fourth-order valence-electron chi connectivity index (χ4n) is 0.926. The van der Waals surface area contributed by atoms with Gasteiger partial charge >= 0.3 is 0 Å². The fraction of sp³-hybridized carbons (Fsp3) is 0.500. The minimum Gasteiger partial charge on any atom is -0.361 e. The minimum atomic E-state index is -0.401. The van der Waals surface area contributed by atoms with Crippen molar-refractivity contribution >= 4 is 21.7 Å². The number of halogens is 2. The molecule has 1 atom stereocenters. The summed E-state index contributed by atoms with van der Waals surface area (Å²) in [4.78, 5) is 3.96. The molecule has 1 unspecified atom stereocenters. The number of anilines is 1. The SMILES string of the molecule is CC(N)C(C)(C)Nc1ncc(Br)cc1F. The highest BCUT2D eigenvalue weighted by atomic mass is 79.9. The molecule has 1 aromatic rings. The third kappa shape index (κ3) is 3.14. The molecule has 84 valence electrons. The minimum absolute atomic E-state index is 0.109. The molecule has 0 saturated carbocycles. The number of hydrogen-bond donors (Lipinski definition) is 2. The van der Waals surface area contributed by atoms with Gasteiger partial charge in [-0.1, -0.05) is 0 Å². The third-order valence-corrected chi connectivity index (χ3v) is 2.82. The van der Waals surface area contributed by atoms with Gasteiger partial charge in [-0.05, 0) is 42.8 Å². The first-order valence-corrected chi connectivity index (χ1v) is 5.47. The molecule has 0 aromatic carbocycles. The zero-order chi connectivity index (χ0) is 11.6. The lowest BCUT2D eigenvalue weighted by molar-refractivity contribution is 0.464. The van der Waals surface area contributed by atoms with E-state index in [1.165, 1.54) is 6.07 Å². The van der Waals surface area contributed by atoms with Crippen molar-refractivity contribution in [2.45, 2.75) is 32.4 Å². The van der Waals surface area contributed by atoms with Crippen LogP contribution in [0.3, 0.4) is 0 Å². The van der Waals surface area contributed by atoms with E-state index < -0.39 is 11.4 Å². The zero-order valence-corrected chi connectivity index (χ0v) is 10.6. The Balaban J connectivity index is 2.90. The van der Waals surface area contributed by atoms with Crippen LogP contribution in [0.4, 0.5) is 10.2 Å². The van der Waals surface area contributed by atoms with E-state index in [-0.39, 0.29) is 11.9 Å². The zero-order valence-electron chi connectivity index (χ0n) is 9.01. The van der Waals surface area contributed by atoms with E-state index in [9.17, 15) is 4.39 Å². The van der Waals surface area contributed by atoms with Gasteiger partial charge in [-0.15, -0.1) is 0 Å². The lowest BCUT2D eigenvalue weighted by Crippen LogP contribution is -2.47. The van der Waals surface area contributed by atoms with Gasteiger partial charge in [0, 0.05) is 22.3 Å². The molecule has 0 bridgehead atoms. The second-order valence-electron chi connectivity index (χ2n) is 4.12. The van der Waals surface area contributed by atoms with Crippen molar-refractivity contribution in [3.05, 3.63) is 22.6 Å². The van der Waals surface area contributed by atoms with Crippen molar-refractivity contribution in [1.29, 1.82) is 0 Å². The molecule has 0 fully saturated rings. The predicted molar refractivity (Wildman–Crippen MR) is 63.2 cm³/mol. The Hall–Kier alpha value is -0.680. The number of nitrogens with two attached hydrogens (primary N) is 1. The molecule has 3 N–H and O–H groups in total. The molecule has 1 heterocycles. The second kappa shape index (κ2) is 4.45. The van der Waals surface area contributed by atoms with E-state index in [2.05, 4.69) is 26.2 Å². The molecule has 1 rings (SSSR count). The van der Waals surface area contributed by atoms with Gasteiger partial charge in [-0.3, -0.25) is 0 Å². The Morgan fingerprint density at radius 3 is 2.67 bits per heavy atom. The van der Waals surface area contributed by atoms with Crippen LogP contribution in [0.25, 0.3) is 0 Å². The fourth-order valence-corrected chi connectivity index (χ4v) is 1.23. The average Bonchev–Trinajstić information content (AvgIpc) is 2.09. The first-order valence-electron chi connectivity index (χ1n) is 4.68. The van der Waals surface area contributed by atoms with Gasteiger partial charge in [-0.25, -0.2) is 9.37 Å². The van der Waals surface area contributed by atoms with Crippen molar-refractivity contribution in [2.24, 2.45) is 5.73 Å². The third-order valence-electron chi connectivity index (χ3n) is 2.39. The van der Waals surface area contributed by atoms with E-state index in [1.54, 1.807) is 6.20 Å². The molecule has 3 nitrogen and oxygen atoms in total. The van der Waals surface area contributed by atoms with E-state index in [1.807, 2.05) is 20.8 Å². The monoisotopic (exact) mass is 275 g/mol. The van der Waals surface area contributed by atoms with Crippen molar-refractivity contribution in [3.8, 4) is 0 Å². The van der Waals surface area contributed by atoms with Crippen LogP contribution in [0.15, 0.2) is 16.7 Å². The molecule has 0 aliphatic heterocycles. The van der Waals surface area contributed by atoms with Gasteiger partial charge in [0.15, 0.2) is 11.6 Å². The van der Waals surface area contributed by atoms with Crippen LogP contribution in [0, 0.1) is 5.82 Å². The van der Waals surface area contributed by atoms with Crippen molar-refractivity contribution < 1.29 is 4.39 Å². The molecule has 0 aliphatic carbocycles. The molecule has 0 amide bonds. The maximum absolute atomic E-state index is 13.4. The van der Waals surface area contributed by atoms with Crippen LogP contribution in [-0.4, -0.2) is 16.6 Å². The molecule has 1 aromatic heterocycles. The summed E-state index contributed by atoms with van der Waals surface area (Å²) in [5.74, 6) is -0.168. The first kappa shape index (κ1) is 12.4. The quantitative estimate of drug-likeness (QED) is 0.891. The van der Waals surface area contributed by atoms with Crippen LogP contribution in [0.5, 0.6) is 0 Å². The second-order valence-corrected chi connectivity index (χ2v) is 5.04. The highest BCUT2D eigenvalue weighted by Gasteiger charge is 2.24. The summed E-state index contributed by atoms with van der Waals surface area (Å²) in [6, 6.07) is 1.26. The van der Waals surface area contributed by atoms with E-state index in [0.717, 1.165) is 0 Å². The number of aromatic nitrogens is 1. The lowest BCUT2D eigenvalue weighted by Gasteiger charge is -2.30. The predicted octanol–water partition coefficient (Wildman–Crippen LogP) is 2.52. The molecule has 0 spiro atoms. The highest BCUT2D eigenvalue weighted by Crippen LogP contribution is 2.20. The van der Waals surface area contributed by atoms with Crippen LogP contribution < -0.4 is 11.1 Å². The van der Waals surface area contributed by atoms with Gasteiger partial charge in [-0.2, -0.15) is 0 Å². The molecular weight excluding hydrogens is 261 g/mol. The van der Waals surface area contributed by atoms with Crippen molar-refractivity contribution in [3.63, 3.8) is 0 Å². The van der Waals surface area contributed by atoms with Crippen LogP contribution in [0.2, 0.25) is 0 Å². The average molecular weight is 276 g/mol. The maximum atomic E-state index is 13.4. The molecule has 0 aliphatic rings. The number of hydrogen-bond acceptors (Lipinski definition) is 3. The molecule has 5 heteroatoms. The Morgan fingerprint density at radius 2 is 2.20 bits per heavy atom. The van der Waals surface area contributed by atoms with E-state index >= 15 is 0 Å². The van der Waals surface area contributed by atoms with E-state index in [0.29, 0.717) is 4.47 Å². The standard InChI is InChI=1S/C10H15BrFN3/c1-6(13)10(2,3)15-9-8(12)4-7(11)5-14-9/h4-6H,13H2,1-3H3,(H,14,15). The molecule has 15 heavy (non-hydrogen) atoms. The van der Waals surface area contributed by atoms with Crippen LogP contribution in [0.1, 0.15) is 20.8 Å². The van der Waals surface area contributed by atoms with Crippen LogP contribution in [-0.2, 0) is 0 Å². The van der Waals surface area contributed by atoms with Gasteiger partial charge < -0.3 is 11.1 Å². The normalized spacial score (nSPS) is 13.7. The summed E-state index contributed by atoms with van der Waals surface area (Å²) < 4.78 is 14.1. The Bertz CT molecular complexity index is 353. The number of rotatable bonds is 3. The Morgan fingerprint density at radius 1 is 1.60 bits per heavy atom. The summed E-state index contributed by atoms with van der Waals surface area (Å²) in [5, 5.41) is 2.98. The van der Waals surface area contributed by atoms with Gasteiger partial charge in [0.2, 0.25) is 0 Å². The summed E-state index contributed by atoms with van der Waals surface area (Å²) in [6.07, 6.45) is 1.54. The Kier molecular flexibility index (Phi) is 3.67. The first-order chi connectivity index (χ1) is 6.83. The van der Waals surface area contributed by atoms with Crippen LogP contribution >= 0.6 is 15.9 Å². The largest absolute Gasteiger partial charge is 0.361 e. The molecule has 0 saturated heterocycles. The summed E-state index contributed by atoms with van der Waals surface area (Å²) in [7, 11) is 0. The topological polar surface area (TPSA) is 50.9 Å². The number of nitrogens with zero attached hydrogens (tertiary/aromatic N) is 1. The smallest absolute Gasteiger partial charge is 0.166 e.